The summed E-state index contributed by atoms with van der Waals surface area (Å²) in [6.45, 7) is 0. The smallest absolute Gasteiger partial charge is 0.270 e. The number of H-pyrrole nitrogens is 3. The van der Waals surface area contributed by atoms with Crippen LogP contribution in [0.4, 0.5) is 5.69 Å². The molecule has 0 spiro atoms. The molecule has 0 aliphatic carbocycles. The number of carbonyl (C=O) groups is 2. The number of aliphatic hydroxyl groups is 1. The maximum atomic E-state index is 13.4. The summed E-state index contributed by atoms with van der Waals surface area (Å²) < 4.78 is 0. The Bertz CT molecular complexity index is 2720. The van der Waals surface area contributed by atoms with Crippen LogP contribution in [0.3, 0.4) is 0 Å². The lowest BCUT2D eigenvalue weighted by molar-refractivity contribution is -0.384. The second kappa shape index (κ2) is 13.9. The van der Waals surface area contributed by atoms with E-state index in [-0.39, 0.29) is 17.4 Å². The molecule has 7 aromatic rings. The summed E-state index contributed by atoms with van der Waals surface area (Å²) in [4.78, 5) is 51.1. The average molecular weight is 710 g/mol. The van der Waals surface area contributed by atoms with Crippen LogP contribution in [0.5, 0.6) is 0 Å². The van der Waals surface area contributed by atoms with Crippen LogP contribution in [0.1, 0.15) is 49.8 Å². The van der Waals surface area contributed by atoms with Crippen molar-refractivity contribution in [1.82, 2.24) is 15.0 Å². The number of amides is 1. The molecule has 1 aliphatic rings. The van der Waals surface area contributed by atoms with Crippen molar-refractivity contribution in [2.45, 2.75) is 5.60 Å². The highest BCUT2D eigenvalue weighted by Gasteiger charge is 2.37. The molecular formula is C44H31N5O5. The van der Waals surface area contributed by atoms with Gasteiger partial charge in [0.15, 0.2) is 5.60 Å². The molecule has 0 saturated heterocycles. The van der Waals surface area contributed by atoms with E-state index in [0.717, 1.165) is 11.1 Å². The first-order chi connectivity index (χ1) is 26.3. The zero-order valence-corrected chi connectivity index (χ0v) is 28.6. The van der Waals surface area contributed by atoms with Gasteiger partial charge >= 0.3 is 0 Å². The maximum Gasteiger partial charge on any atom is 0.270 e. The molecule has 4 N–H and O–H groups in total. The third-order valence-corrected chi connectivity index (χ3v) is 9.42. The number of carbonyl (C=O) groups excluding carboxylic acids is 2. The van der Waals surface area contributed by atoms with Crippen LogP contribution in [0.15, 0.2) is 169 Å². The summed E-state index contributed by atoms with van der Waals surface area (Å²) >= 11 is 0. The van der Waals surface area contributed by atoms with Gasteiger partial charge in [-0.05, 0) is 71.3 Å². The van der Waals surface area contributed by atoms with Gasteiger partial charge in [-0.15, -0.1) is 0 Å². The molecule has 54 heavy (non-hydrogen) atoms. The largest absolute Gasteiger partial charge is 0.373 e. The van der Waals surface area contributed by atoms with E-state index in [1.54, 1.807) is 60.7 Å². The normalized spacial score (nSPS) is 14.7. The number of nitrogens with zero attached hydrogens (tertiary/aromatic N) is 2. The summed E-state index contributed by atoms with van der Waals surface area (Å²) in [5, 5.41) is 25.7. The highest BCUT2D eigenvalue weighted by molar-refractivity contribution is 6.34. The number of hydrogen-bond acceptors (Lipinski definition) is 5. The van der Waals surface area contributed by atoms with Gasteiger partial charge in [0.05, 0.1) is 27.7 Å². The SMILES string of the molecule is O=C1C=CC(/C(c2ccccc2)=c2\cc/c(=C(/c3ccc([N+](=O)[O-])cc3)c3ccc(C(O)(c4ccccc4)c4ccc(C(=O)c5ccccc5)[nH]4)[nH]3)[nH]2)=N1. The van der Waals surface area contributed by atoms with Crippen molar-refractivity contribution in [1.29, 1.82) is 0 Å². The lowest BCUT2D eigenvalue weighted by Crippen LogP contribution is -2.30. The highest BCUT2D eigenvalue weighted by Crippen LogP contribution is 2.37. The molecule has 8 rings (SSSR count). The maximum absolute atomic E-state index is 13.4. The molecule has 3 aromatic heterocycles. The minimum absolute atomic E-state index is 0.0566. The molecule has 0 fully saturated rings. The van der Waals surface area contributed by atoms with Gasteiger partial charge in [-0.2, -0.15) is 0 Å². The van der Waals surface area contributed by atoms with E-state index >= 15 is 0 Å². The van der Waals surface area contributed by atoms with Crippen LogP contribution in [-0.4, -0.2) is 42.4 Å². The summed E-state index contributed by atoms with van der Waals surface area (Å²) in [5.74, 6) is -0.553. The zero-order valence-electron chi connectivity index (χ0n) is 28.6. The lowest BCUT2D eigenvalue weighted by atomic mass is 9.87. The Kier molecular flexibility index (Phi) is 8.70. The van der Waals surface area contributed by atoms with Gasteiger partial charge in [-0.1, -0.05) is 91.0 Å². The van der Waals surface area contributed by atoms with E-state index in [0.29, 0.717) is 61.4 Å². The van der Waals surface area contributed by atoms with Crippen LogP contribution < -0.4 is 10.7 Å². The van der Waals surface area contributed by atoms with Gasteiger partial charge in [0.2, 0.25) is 5.78 Å². The number of rotatable bonds is 10. The van der Waals surface area contributed by atoms with Crippen LogP contribution in [0.25, 0.3) is 11.1 Å². The molecule has 1 atom stereocenters. The predicted octanol–water partition coefficient (Wildman–Crippen LogP) is 6.08. The number of ketones is 1. The van der Waals surface area contributed by atoms with Crippen molar-refractivity contribution >= 4 is 34.2 Å². The van der Waals surface area contributed by atoms with Crippen molar-refractivity contribution in [3.63, 3.8) is 0 Å². The third-order valence-electron chi connectivity index (χ3n) is 9.42. The quantitative estimate of drug-likeness (QED) is 0.0770. The lowest BCUT2D eigenvalue weighted by Gasteiger charge is -2.27. The van der Waals surface area contributed by atoms with E-state index in [2.05, 4.69) is 19.9 Å². The molecule has 4 aromatic carbocycles. The fraction of sp³-hybridized carbons (Fsp3) is 0.0227. The van der Waals surface area contributed by atoms with Gasteiger partial charge in [-0.3, -0.25) is 19.7 Å². The van der Waals surface area contributed by atoms with E-state index in [1.807, 2.05) is 84.9 Å². The summed E-state index contributed by atoms with van der Waals surface area (Å²) in [6.07, 6.45) is 3.11. The highest BCUT2D eigenvalue weighted by atomic mass is 16.6. The Morgan fingerprint density at radius 2 is 1.13 bits per heavy atom. The molecule has 262 valence electrons. The fourth-order valence-electron chi connectivity index (χ4n) is 6.79. The second-order valence-corrected chi connectivity index (χ2v) is 12.7. The number of aromatic nitrogens is 3. The van der Waals surface area contributed by atoms with Gasteiger partial charge in [0.1, 0.15) is 0 Å². The van der Waals surface area contributed by atoms with Gasteiger partial charge in [-0.25, -0.2) is 4.99 Å². The Morgan fingerprint density at radius 3 is 1.72 bits per heavy atom. The Labute approximate surface area is 308 Å². The molecule has 10 nitrogen and oxygen atoms in total. The molecule has 0 bridgehead atoms. The van der Waals surface area contributed by atoms with E-state index < -0.39 is 10.5 Å². The molecule has 10 heteroatoms. The molecular weight excluding hydrogens is 679 g/mol. The Morgan fingerprint density at radius 1 is 0.593 bits per heavy atom. The first-order valence-electron chi connectivity index (χ1n) is 17.1. The van der Waals surface area contributed by atoms with Crippen LogP contribution in [-0.2, 0) is 10.4 Å². The number of hydrogen-bond donors (Lipinski definition) is 4. The number of aliphatic imine (C=N–C) groups is 1. The number of nitrogens with one attached hydrogen (secondary N) is 3. The summed E-state index contributed by atoms with van der Waals surface area (Å²) in [7, 11) is 0. The molecule has 4 heterocycles. The van der Waals surface area contributed by atoms with Crippen LogP contribution in [0.2, 0.25) is 0 Å². The first kappa shape index (κ1) is 33.7. The van der Waals surface area contributed by atoms with Crippen molar-refractivity contribution in [2.75, 3.05) is 0 Å². The number of nitro groups is 1. The number of allylic oxidation sites excluding steroid dienone is 1. The monoisotopic (exact) mass is 709 g/mol. The molecule has 0 radical (unpaired) electrons. The third kappa shape index (κ3) is 6.23. The summed E-state index contributed by atoms with van der Waals surface area (Å²) in [5.41, 5.74) is 4.40. The van der Waals surface area contributed by atoms with E-state index in [1.165, 1.54) is 18.2 Å². The van der Waals surface area contributed by atoms with Gasteiger partial charge < -0.3 is 20.1 Å². The minimum Gasteiger partial charge on any atom is -0.373 e. The van der Waals surface area contributed by atoms with Crippen LogP contribution >= 0.6 is 0 Å². The minimum atomic E-state index is -1.75. The topological polar surface area (TPSA) is 157 Å². The van der Waals surface area contributed by atoms with Crippen molar-refractivity contribution < 1.29 is 19.6 Å². The molecule has 0 saturated carbocycles. The Balaban J connectivity index is 1.32. The Hall–Kier alpha value is -7.43. The van der Waals surface area contributed by atoms with Crippen molar-refractivity contribution in [3.05, 3.63) is 230 Å². The average Bonchev–Trinajstić information content (AvgIpc) is 4.06. The number of non-ortho nitro benzene ring substituents is 1. The molecule has 1 aliphatic heterocycles. The number of aromatic amines is 3. The predicted molar refractivity (Wildman–Crippen MR) is 205 cm³/mol. The van der Waals surface area contributed by atoms with Crippen molar-refractivity contribution in [3.8, 4) is 0 Å². The first-order valence-corrected chi connectivity index (χ1v) is 17.1. The fourth-order valence-corrected chi connectivity index (χ4v) is 6.79. The molecule has 1 amide bonds. The van der Waals surface area contributed by atoms with Crippen molar-refractivity contribution in [2.24, 2.45) is 4.99 Å². The molecule has 1 unspecified atom stereocenters. The summed E-state index contributed by atoms with van der Waals surface area (Å²) in [6, 6.07) is 44.7. The second-order valence-electron chi connectivity index (χ2n) is 12.7. The van der Waals surface area contributed by atoms with E-state index in [9.17, 15) is 24.8 Å². The van der Waals surface area contributed by atoms with Gasteiger partial charge in [0, 0.05) is 51.3 Å². The number of benzene rings is 4. The van der Waals surface area contributed by atoms with Crippen LogP contribution in [0, 0.1) is 10.1 Å². The standard InChI is InChI=1S/C44H31N5O5/c50-40-27-24-36(48-40)41(28-10-4-1-5-11-28)33-20-21-34(45-33)42(29-16-18-32(19-17-29)49(53)54)35-22-25-38(46-35)44(52,31-14-8-3-9-15-31)39-26-23-37(47-39)43(51)30-12-6-2-7-13-30/h1-27,45-47,52H/b41-33+,42-34+. The van der Waals surface area contributed by atoms with Gasteiger partial charge in [0.25, 0.3) is 11.6 Å². The number of nitro benzene ring substituents is 1. The van der Waals surface area contributed by atoms with E-state index in [4.69, 9.17) is 0 Å². The zero-order chi connectivity index (χ0) is 37.2.